The number of nitrogens with zero attached hydrogens (tertiary/aromatic N) is 1. The number of hydrogen-bond acceptors (Lipinski definition) is 4. The van der Waals surface area contributed by atoms with Gasteiger partial charge in [-0.05, 0) is 32.2 Å². The molecule has 0 aromatic rings. The van der Waals surface area contributed by atoms with Crippen molar-refractivity contribution in [1.29, 1.82) is 0 Å². The molecule has 0 bridgehead atoms. The summed E-state index contributed by atoms with van der Waals surface area (Å²) in [6, 6.07) is 0.411. The van der Waals surface area contributed by atoms with Gasteiger partial charge >= 0.3 is 0 Å². The van der Waals surface area contributed by atoms with Gasteiger partial charge in [-0.3, -0.25) is 4.90 Å². The molecule has 4 nitrogen and oxygen atoms in total. The van der Waals surface area contributed by atoms with Crippen molar-refractivity contribution < 1.29 is 13.5 Å². The molecule has 1 saturated heterocycles. The van der Waals surface area contributed by atoms with Crippen LogP contribution in [-0.2, 0) is 9.84 Å². The predicted octanol–water partition coefficient (Wildman–Crippen LogP) is 0.656. The van der Waals surface area contributed by atoms with Crippen LogP contribution in [0.15, 0.2) is 0 Å². The number of sulfone groups is 1. The van der Waals surface area contributed by atoms with E-state index in [-0.39, 0.29) is 11.9 Å². The van der Waals surface area contributed by atoms with E-state index in [1.165, 1.54) is 6.26 Å². The smallest absolute Gasteiger partial charge is 0.148 e. The molecular formula is C12H23NO3S. The maximum atomic E-state index is 11.2. The van der Waals surface area contributed by atoms with Crippen molar-refractivity contribution in [3.05, 3.63) is 0 Å². The van der Waals surface area contributed by atoms with E-state index >= 15 is 0 Å². The van der Waals surface area contributed by atoms with Gasteiger partial charge in [-0.2, -0.15) is 0 Å². The molecule has 1 aliphatic carbocycles. The molecule has 1 N–H and O–H groups in total. The van der Waals surface area contributed by atoms with Crippen LogP contribution in [0.5, 0.6) is 0 Å². The van der Waals surface area contributed by atoms with Crippen LogP contribution in [0, 0.1) is 5.92 Å². The fraction of sp³-hybridized carbons (Fsp3) is 1.00. The zero-order valence-corrected chi connectivity index (χ0v) is 11.3. The first-order valence-electron chi connectivity index (χ1n) is 6.57. The molecule has 5 heteroatoms. The Kier molecular flexibility index (Phi) is 4.10. The van der Waals surface area contributed by atoms with Gasteiger partial charge in [-0.1, -0.05) is 6.42 Å². The second kappa shape index (κ2) is 5.24. The molecule has 0 aromatic carbocycles. The Balaban J connectivity index is 1.93. The van der Waals surface area contributed by atoms with Crippen LogP contribution in [0.25, 0.3) is 0 Å². The maximum Gasteiger partial charge on any atom is 0.148 e. The van der Waals surface area contributed by atoms with E-state index < -0.39 is 9.84 Å². The topological polar surface area (TPSA) is 57.6 Å². The quantitative estimate of drug-likeness (QED) is 0.807. The third-order valence-corrected chi connectivity index (χ3v) is 5.11. The molecule has 0 amide bonds. The van der Waals surface area contributed by atoms with E-state index in [2.05, 4.69) is 4.90 Å². The molecule has 2 fully saturated rings. The van der Waals surface area contributed by atoms with Crippen molar-refractivity contribution in [2.24, 2.45) is 5.92 Å². The van der Waals surface area contributed by atoms with Gasteiger partial charge in [0.25, 0.3) is 0 Å². The second-order valence-corrected chi connectivity index (χ2v) is 7.80. The highest BCUT2D eigenvalue weighted by molar-refractivity contribution is 7.90. The second-order valence-electron chi connectivity index (χ2n) is 5.54. The fourth-order valence-electron chi connectivity index (χ4n) is 3.32. The van der Waals surface area contributed by atoms with Crippen LogP contribution in [0.4, 0.5) is 0 Å². The number of aliphatic hydroxyl groups is 1. The molecule has 1 heterocycles. The fourth-order valence-corrected chi connectivity index (χ4v) is 3.88. The van der Waals surface area contributed by atoms with E-state index in [1.807, 2.05) is 0 Å². The van der Waals surface area contributed by atoms with Crippen molar-refractivity contribution in [2.75, 3.05) is 25.1 Å². The number of hydrogen-bond donors (Lipinski definition) is 1. The van der Waals surface area contributed by atoms with E-state index in [4.69, 9.17) is 0 Å². The third kappa shape index (κ3) is 3.42. The molecule has 0 aromatic heterocycles. The Labute approximate surface area is 104 Å². The third-order valence-electron chi connectivity index (χ3n) is 4.19. The largest absolute Gasteiger partial charge is 0.393 e. The lowest BCUT2D eigenvalue weighted by Gasteiger charge is -2.31. The van der Waals surface area contributed by atoms with Gasteiger partial charge < -0.3 is 5.11 Å². The van der Waals surface area contributed by atoms with Crippen molar-refractivity contribution in [3.63, 3.8) is 0 Å². The summed E-state index contributed by atoms with van der Waals surface area (Å²) in [5.74, 6) is 0.615. The summed E-state index contributed by atoms with van der Waals surface area (Å²) in [4.78, 5) is 2.28. The van der Waals surface area contributed by atoms with Gasteiger partial charge in [0, 0.05) is 24.8 Å². The minimum Gasteiger partial charge on any atom is -0.393 e. The van der Waals surface area contributed by atoms with Crippen molar-refractivity contribution in [3.8, 4) is 0 Å². The van der Waals surface area contributed by atoms with Crippen molar-refractivity contribution in [2.45, 2.75) is 44.2 Å². The van der Waals surface area contributed by atoms with Crippen LogP contribution in [0.1, 0.15) is 32.1 Å². The van der Waals surface area contributed by atoms with Gasteiger partial charge in [-0.15, -0.1) is 0 Å². The summed E-state index contributed by atoms with van der Waals surface area (Å²) < 4.78 is 22.4. The van der Waals surface area contributed by atoms with Crippen LogP contribution >= 0.6 is 0 Å². The zero-order chi connectivity index (χ0) is 12.5. The first-order valence-corrected chi connectivity index (χ1v) is 8.63. The number of likely N-dealkylation sites (tertiary alicyclic amines) is 1. The highest BCUT2D eigenvalue weighted by Crippen LogP contribution is 2.35. The molecule has 3 unspecified atom stereocenters. The number of rotatable bonds is 4. The number of aliphatic hydroxyl groups excluding tert-OH is 1. The molecule has 100 valence electrons. The minimum atomic E-state index is -2.88. The van der Waals surface area contributed by atoms with Gasteiger partial charge in [0.1, 0.15) is 9.84 Å². The molecule has 17 heavy (non-hydrogen) atoms. The average molecular weight is 261 g/mol. The minimum absolute atomic E-state index is 0.168. The summed E-state index contributed by atoms with van der Waals surface area (Å²) in [6.07, 6.45) is 6.51. The predicted molar refractivity (Wildman–Crippen MR) is 67.7 cm³/mol. The molecule has 3 atom stereocenters. The molecule has 0 spiro atoms. The lowest BCUT2D eigenvalue weighted by Crippen LogP contribution is -2.41. The van der Waals surface area contributed by atoms with Crippen molar-refractivity contribution in [1.82, 2.24) is 4.90 Å². The van der Waals surface area contributed by atoms with Crippen molar-refractivity contribution >= 4 is 9.84 Å². The highest BCUT2D eigenvalue weighted by atomic mass is 32.2. The van der Waals surface area contributed by atoms with Gasteiger partial charge in [0.05, 0.1) is 11.9 Å². The van der Waals surface area contributed by atoms with Crippen LogP contribution in [-0.4, -0.2) is 55.7 Å². The zero-order valence-electron chi connectivity index (χ0n) is 10.5. The molecule has 0 radical (unpaired) electrons. The molecule has 2 aliphatic rings. The first-order chi connectivity index (χ1) is 7.97. The lowest BCUT2D eigenvalue weighted by atomic mass is 9.94. The first kappa shape index (κ1) is 13.3. The molecular weight excluding hydrogens is 238 g/mol. The summed E-state index contributed by atoms with van der Waals surface area (Å²) >= 11 is 0. The SMILES string of the molecule is CS(=O)(=O)CCN1CCCC1C1CCCC1O. The Hall–Kier alpha value is -0.130. The van der Waals surface area contributed by atoms with E-state index in [1.54, 1.807) is 0 Å². The highest BCUT2D eigenvalue weighted by Gasteiger charge is 2.38. The standard InChI is InChI=1S/C12H23NO3S/c1-17(15,16)9-8-13-7-3-5-11(13)10-4-2-6-12(10)14/h10-12,14H,2-9H2,1H3. The Morgan fingerprint density at radius 3 is 2.59 bits per heavy atom. The summed E-state index contributed by atoms with van der Waals surface area (Å²) in [5.41, 5.74) is 0. The molecule has 1 saturated carbocycles. The normalized spacial score (nSPS) is 35.5. The molecule has 2 rings (SSSR count). The lowest BCUT2D eigenvalue weighted by molar-refractivity contribution is 0.0770. The monoisotopic (exact) mass is 261 g/mol. The van der Waals surface area contributed by atoms with E-state index in [0.717, 1.165) is 38.6 Å². The van der Waals surface area contributed by atoms with Crippen LogP contribution in [0.2, 0.25) is 0 Å². The van der Waals surface area contributed by atoms with Crippen LogP contribution < -0.4 is 0 Å². The average Bonchev–Trinajstić information content (AvgIpc) is 2.81. The Bertz CT molecular complexity index is 355. The van der Waals surface area contributed by atoms with Crippen LogP contribution in [0.3, 0.4) is 0 Å². The maximum absolute atomic E-state index is 11.2. The van der Waals surface area contributed by atoms with Gasteiger partial charge in [0.15, 0.2) is 0 Å². The van der Waals surface area contributed by atoms with E-state index in [0.29, 0.717) is 18.5 Å². The summed E-state index contributed by atoms with van der Waals surface area (Å²) in [7, 11) is -2.88. The Morgan fingerprint density at radius 2 is 2.00 bits per heavy atom. The Morgan fingerprint density at radius 1 is 1.24 bits per heavy atom. The molecule has 1 aliphatic heterocycles. The summed E-state index contributed by atoms with van der Waals surface area (Å²) in [5, 5.41) is 9.95. The van der Waals surface area contributed by atoms with Gasteiger partial charge in [0.2, 0.25) is 0 Å². The van der Waals surface area contributed by atoms with E-state index in [9.17, 15) is 13.5 Å². The summed E-state index contributed by atoms with van der Waals surface area (Å²) in [6.45, 7) is 1.62. The van der Waals surface area contributed by atoms with Gasteiger partial charge in [-0.25, -0.2) is 8.42 Å².